The van der Waals surface area contributed by atoms with Gasteiger partial charge in [-0.1, -0.05) is 69.1 Å². The number of nitrogens with one attached hydrogen (secondary N) is 2. The number of carboxylic acid groups (broad SMARTS) is 1. The molecular weight excluding hydrogens is 733 g/mol. The number of carbonyl (C=O) groups is 2. The minimum absolute atomic E-state index is 0.0459. The van der Waals surface area contributed by atoms with Crippen LogP contribution in [-0.2, 0) is 22.6 Å². The SMILES string of the molecule is O=CO.[C-]#[N+]C(=CC(C)C)C(=O)Nc1ccc(CCn2c(=O)c(-c3c(Cl)c(OC)cc(OC)c3Cl)cc3cnc(NCCCCN(CC)CC)nc32)cc1. The summed E-state index contributed by atoms with van der Waals surface area (Å²) in [7, 11) is 2.96. The fourth-order valence-electron chi connectivity index (χ4n) is 5.62. The number of ether oxygens (including phenoxy) is 2. The molecule has 0 spiro atoms. The summed E-state index contributed by atoms with van der Waals surface area (Å²) in [6.07, 6.45) is 5.77. The Morgan fingerprint density at radius 2 is 1.70 bits per heavy atom. The first-order chi connectivity index (χ1) is 26.0. The van der Waals surface area contributed by atoms with Crippen LogP contribution in [0.1, 0.15) is 46.1 Å². The number of aromatic nitrogens is 3. The molecule has 15 heteroatoms. The van der Waals surface area contributed by atoms with Gasteiger partial charge in [-0.3, -0.25) is 19.0 Å². The van der Waals surface area contributed by atoms with Crippen LogP contribution in [0.25, 0.3) is 27.0 Å². The lowest BCUT2D eigenvalue weighted by atomic mass is 10.0. The first-order valence-corrected chi connectivity index (χ1v) is 18.3. The minimum Gasteiger partial charge on any atom is -0.495 e. The normalized spacial score (nSPS) is 11.2. The van der Waals surface area contributed by atoms with E-state index in [2.05, 4.69) is 39.2 Å². The third-order valence-corrected chi connectivity index (χ3v) is 9.18. The Balaban J connectivity index is 0.00000253. The zero-order valence-corrected chi connectivity index (χ0v) is 32.9. The molecule has 288 valence electrons. The molecule has 0 aliphatic heterocycles. The van der Waals surface area contributed by atoms with E-state index in [0.717, 1.165) is 38.0 Å². The van der Waals surface area contributed by atoms with Gasteiger partial charge in [-0.05, 0) is 68.6 Å². The van der Waals surface area contributed by atoms with Crippen molar-refractivity contribution >= 4 is 58.3 Å². The second-order valence-electron chi connectivity index (χ2n) is 12.3. The lowest BCUT2D eigenvalue weighted by Crippen LogP contribution is -2.25. The van der Waals surface area contributed by atoms with Gasteiger partial charge in [0.25, 0.3) is 17.9 Å². The zero-order chi connectivity index (χ0) is 39.8. The zero-order valence-electron chi connectivity index (χ0n) is 31.4. The van der Waals surface area contributed by atoms with Gasteiger partial charge in [0.1, 0.15) is 17.1 Å². The van der Waals surface area contributed by atoms with Gasteiger partial charge in [-0.2, -0.15) is 4.98 Å². The van der Waals surface area contributed by atoms with Crippen LogP contribution in [-0.4, -0.2) is 77.3 Å². The lowest BCUT2D eigenvalue weighted by Gasteiger charge is -2.18. The van der Waals surface area contributed by atoms with Crippen molar-refractivity contribution in [1.82, 2.24) is 19.4 Å². The number of hydrogen-bond acceptors (Lipinski definition) is 9. The highest BCUT2D eigenvalue weighted by Crippen LogP contribution is 2.45. The molecule has 0 fully saturated rings. The first-order valence-electron chi connectivity index (χ1n) is 17.5. The minimum atomic E-state index is -0.458. The average Bonchev–Trinajstić information content (AvgIpc) is 3.16. The maximum Gasteiger partial charge on any atom is 0.290 e. The Labute approximate surface area is 325 Å². The highest BCUT2D eigenvalue weighted by atomic mass is 35.5. The van der Waals surface area contributed by atoms with Gasteiger partial charge < -0.3 is 30.1 Å². The summed E-state index contributed by atoms with van der Waals surface area (Å²) < 4.78 is 12.6. The average molecular weight is 781 g/mol. The lowest BCUT2D eigenvalue weighted by molar-refractivity contribution is -0.122. The molecular formula is C39H47Cl2N7O6. The van der Waals surface area contributed by atoms with Crippen LogP contribution < -0.4 is 25.7 Å². The molecule has 1 amide bonds. The largest absolute Gasteiger partial charge is 0.495 e. The van der Waals surface area contributed by atoms with Crippen LogP contribution >= 0.6 is 23.2 Å². The molecule has 0 atom stereocenters. The van der Waals surface area contributed by atoms with Gasteiger partial charge in [-0.25, -0.2) is 9.83 Å². The molecule has 4 rings (SSSR count). The van der Waals surface area contributed by atoms with Gasteiger partial charge in [0.05, 0.1) is 36.4 Å². The van der Waals surface area contributed by atoms with Crippen LogP contribution in [0.3, 0.4) is 0 Å². The Bertz CT molecular complexity index is 2000. The van der Waals surface area contributed by atoms with E-state index in [4.69, 9.17) is 54.1 Å². The smallest absolute Gasteiger partial charge is 0.290 e. The molecule has 0 unspecified atom stereocenters. The van der Waals surface area contributed by atoms with Crippen molar-refractivity contribution in [3.63, 3.8) is 0 Å². The molecule has 2 aromatic heterocycles. The monoisotopic (exact) mass is 779 g/mol. The second kappa shape index (κ2) is 21.5. The summed E-state index contributed by atoms with van der Waals surface area (Å²) in [4.78, 5) is 50.4. The topological polar surface area (TPSA) is 152 Å². The van der Waals surface area contributed by atoms with Crippen LogP contribution in [0, 0.1) is 12.5 Å². The van der Waals surface area contributed by atoms with E-state index in [9.17, 15) is 9.59 Å². The van der Waals surface area contributed by atoms with E-state index in [1.165, 1.54) is 14.2 Å². The summed E-state index contributed by atoms with van der Waals surface area (Å²) in [5.41, 5.74) is 2.17. The number of hydrogen-bond donors (Lipinski definition) is 3. The van der Waals surface area contributed by atoms with Crippen LogP contribution in [0.4, 0.5) is 11.6 Å². The van der Waals surface area contributed by atoms with Crippen LogP contribution in [0.15, 0.2) is 59.2 Å². The number of rotatable bonds is 17. The molecule has 0 aliphatic carbocycles. The maximum atomic E-state index is 14.4. The van der Waals surface area contributed by atoms with Gasteiger partial charge in [0.15, 0.2) is 0 Å². The summed E-state index contributed by atoms with van der Waals surface area (Å²) in [5, 5.41) is 14.0. The predicted octanol–water partition coefficient (Wildman–Crippen LogP) is 7.66. The summed E-state index contributed by atoms with van der Waals surface area (Å²) in [6.45, 7) is 19.3. The highest BCUT2D eigenvalue weighted by Gasteiger charge is 2.23. The highest BCUT2D eigenvalue weighted by molar-refractivity contribution is 6.41. The quantitative estimate of drug-likeness (QED) is 0.0422. The Hall–Kier alpha value is -5.16. The van der Waals surface area contributed by atoms with Crippen molar-refractivity contribution in [2.24, 2.45) is 5.92 Å². The molecule has 0 aliphatic rings. The van der Waals surface area contributed by atoms with E-state index in [1.807, 2.05) is 26.0 Å². The number of halogens is 2. The van der Waals surface area contributed by atoms with Crippen molar-refractivity contribution in [2.45, 2.75) is 53.5 Å². The number of carbonyl (C=O) groups excluding carboxylic acids is 1. The van der Waals surface area contributed by atoms with Crippen molar-refractivity contribution in [1.29, 1.82) is 0 Å². The molecule has 2 heterocycles. The van der Waals surface area contributed by atoms with Crippen LogP contribution in [0.2, 0.25) is 10.0 Å². The van der Waals surface area contributed by atoms with E-state index in [-0.39, 0.29) is 51.4 Å². The van der Waals surface area contributed by atoms with Crippen molar-refractivity contribution < 1.29 is 24.2 Å². The van der Waals surface area contributed by atoms with E-state index in [0.29, 0.717) is 47.1 Å². The first kappa shape index (κ1) is 43.2. The fraction of sp³-hybridized carbons (Fsp3) is 0.385. The standard InChI is InChI=1S/C38H45Cl2N7O4.CH2O2/c1-8-46(9-2)18-11-10-17-42-38-43-23-26-21-28(32-33(39)30(50-6)22-31(51-7)34(32)40)37(49)47(35(26)45-38)19-16-25-12-14-27(15-13-25)44-36(48)29(41-5)20-24(3)4;2-1-3/h12-15,20-24H,8-11,16-19H2,1-4,6-7H3,(H,44,48)(H,42,43,45);1H,(H,2,3). The van der Waals surface area contributed by atoms with E-state index in [1.54, 1.807) is 41.1 Å². The number of benzene rings is 2. The van der Waals surface area contributed by atoms with E-state index >= 15 is 0 Å². The Morgan fingerprint density at radius 3 is 2.26 bits per heavy atom. The molecule has 0 bridgehead atoms. The number of nitrogens with zero attached hydrogens (tertiary/aromatic N) is 5. The summed E-state index contributed by atoms with van der Waals surface area (Å²) >= 11 is 13.5. The molecule has 0 saturated carbocycles. The molecule has 54 heavy (non-hydrogen) atoms. The number of aryl methyl sites for hydroxylation is 2. The van der Waals surface area contributed by atoms with Gasteiger partial charge in [-0.15, -0.1) is 0 Å². The Morgan fingerprint density at radius 1 is 1.07 bits per heavy atom. The van der Waals surface area contributed by atoms with Crippen LogP contribution in [0.5, 0.6) is 11.5 Å². The number of unbranched alkanes of at least 4 members (excludes halogenated alkanes) is 1. The van der Waals surface area contributed by atoms with E-state index < -0.39 is 5.91 Å². The number of fused-ring (bicyclic) bond motifs is 1. The van der Waals surface area contributed by atoms with Gasteiger partial charge in [0, 0.05) is 42.0 Å². The third-order valence-electron chi connectivity index (χ3n) is 8.43. The fourth-order valence-corrected chi connectivity index (χ4v) is 6.33. The van der Waals surface area contributed by atoms with Crippen molar-refractivity contribution in [2.75, 3.05) is 51.0 Å². The molecule has 13 nitrogen and oxygen atoms in total. The second-order valence-corrected chi connectivity index (χ2v) is 13.1. The van der Waals surface area contributed by atoms with Gasteiger partial charge in [0.2, 0.25) is 11.6 Å². The predicted molar refractivity (Wildman–Crippen MR) is 215 cm³/mol. The molecule has 2 aromatic carbocycles. The molecule has 0 saturated heterocycles. The number of pyridine rings is 1. The number of allylic oxidation sites excluding steroid dienone is 1. The Kier molecular flexibility index (Phi) is 17.2. The number of anilines is 2. The molecule has 4 aromatic rings. The maximum absolute atomic E-state index is 14.4. The van der Waals surface area contributed by atoms with Gasteiger partial charge >= 0.3 is 0 Å². The molecule has 3 N–H and O–H groups in total. The number of amides is 1. The number of methoxy groups -OCH3 is 2. The molecule has 0 radical (unpaired) electrons. The summed E-state index contributed by atoms with van der Waals surface area (Å²) in [6, 6.07) is 10.6. The third kappa shape index (κ3) is 11.4. The van der Waals surface area contributed by atoms with Crippen molar-refractivity contribution in [3.8, 4) is 22.6 Å². The summed E-state index contributed by atoms with van der Waals surface area (Å²) in [5.74, 6) is 0.659. The van der Waals surface area contributed by atoms with Crippen molar-refractivity contribution in [3.05, 3.63) is 91.7 Å².